The minimum absolute atomic E-state index is 0. The average molecular weight is 335 g/mol. The van der Waals surface area contributed by atoms with Crippen LogP contribution >= 0.6 is 0 Å². The quantitative estimate of drug-likeness (QED) is 0.388. The van der Waals surface area contributed by atoms with Crippen LogP contribution in [-0.4, -0.2) is 0 Å². The Kier molecular flexibility index (Phi) is 3960. The van der Waals surface area contributed by atoms with Gasteiger partial charge in [-0.3, -0.25) is 0 Å². The molecule has 0 aliphatic carbocycles. The molecule has 0 fully saturated rings. The molecule has 0 amide bonds. The third kappa shape index (κ3) is 157. The van der Waals surface area contributed by atoms with E-state index in [9.17, 15) is 0 Å². The molecule has 5 nitrogen and oxygen atoms in total. The molecule has 0 N–H and O–H groups in total. The van der Waals surface area contributed by atoms with Gasteiger partial charge in [-0.25, -0.2) is 0 Å². The molecule has 0 aliphatic heterocycles. The van der Waals surface area contributed by atoms with E-state index >= 15 is 0 Å². The van der Waals surface area contributed by atoms with Gasteiger partial charge in [0.1, 0.15) is 0 Å². The zero-order chi connectivity index (χ0) is 0. The molecule has 11 heteroatoms. The van der Waals surface area contributed by atoms with E-state index < -0.39 is 0 Å². The van der Waals surface area contributed by atoms with Crippen molar-refractivity contribution in [3.63, 3.8) is 0 Å². The largest absolute Gasteiger partial charge is 2.00 e. The van der Waals surface area contributed by atoms with Crippen molar-refractivity contribution >= 4 is 0 Å². The molecule has 0 spiro atoms. The maximum atomic E-state index is 0. The molecule has 0 atom stereocenters. The van der Waals surface area contributed by atoms with E-state index in [1.54, 1.807) is 0 Å². The SMILES string of the molecule is [Li+].[Li+].[Mn+2].[Mn+2].[O-2].[O-2].[O-2].[O-2].[O-2].[Zn+2].[Zn+2]. The van der Waals surface area contributed by atoms with E-state index in [1.807, 2.05) is 0 Å². The fourth-order valence-electron chi connectivity index (χ4n) is 0. The van der Waals surface area contributed by atoms with Crippen molar-refractivity contribution in [1.82, 2.24) is 0 Å². The summed E-state index contributed by atoms with van der Waals surface area (Å²) in [5.41, 5.74) is 0. The van der Waals surface area contributed by atoms with E-state index in [0.717, 1.165) is 0 Å². The molecule has 0 aromatic rings. The Balaban J connectivity index is 0. The Morgan fingerprint density at radius 1 is 0.364 bits per heavy atom. The van der Waals surface area contributed by atoms with Crippen LogP contribution in [0.15, 0.2) is 0 Å². The van der Waals surface area contributed by atoms with Gasteiger partial charge < -0.3 is 27.4 Å². The van der Waals surface area contributed by atoms with Crippen molar-refractivity contribution in [2.24, 2.45) is 0 Å². The van der Waals surface area contributed by atoms with Crippen molar-refractivity contribution < 1.29 is 138 Å². The van der Waals surface area contributed by atoms with Gasteiger partial charge in [-0.15, -0.1) is 0 Å². The molecule has 0 aromatic carbocycles. The van der Waals surface area contributed by atoms with Crippen LogP contribution in [-0.2, 0) is 100 Å². The van der Waals surface area contributed by atoms with Crippen LogP contribution in [0, 0.1) is 0 Å². The maximum absolute atomic E-state index is 0. The Bertz CT molecular complexity index is 20.4. The first kappa shape index (κ1) is 234. The molecular formula is Li2Mn2O5Zn2. The van der Waals surface area contributed by atoms with Crippen molar-refractivity contribution in [3.05, 3.63) is 0 Å². The summed E-state index contributed by atoms with van der Waals surface area (Å²) in [7, 11) is 0. The Hall–Kier alpha value is 3.28. The van der Waals surface area contributed by atoms with Crippen LogP contribution < -0.4 is 37.7 Å². The molecule has 0 heterocycles. The van der Waals surface area contributed by atoms with Crippen LogP contribution in [0.2, 0.25) is 0 Å². The molecule has 0 bridgehead atoms. The monoisotopic (exact) mass is 332 g/mol. The summed E-state index contributed by atoms with van der Waals surface area (Å²) in [6.07, 6.45) is 0. The normalized spacial score (nSPS) is 0. The molecule has 0 rings (SSSR count). The summed E-state index contributed by atoms with van der Waals surface area (Å²) in [5.74, 6) is 0. The van der Waals surface area contributed by atoms with Crippen LogP contribution in [0.4, 0.5) is 0 Å². The van der Waals surface area contributed by atoms with Gasteiger partial charge in [0.25, 0.3) is 0 Å². The van der Waals surface area contributed by atoms with Gasteiger partial charge in [-0.2, -0.15) is 0 Å². The van der Waals surface area contributed by atoms with E-state index in [-0.39, 0.29) is 138 Å². The first-order valence-electron chi connectivity index (χ1n) is 0. The Labute approximate surface area is 136 Å². The van der Waals surface area contributed by atoms with E-state index in [4.69, 9.17) is 0 Å². The smallest absolute Gasteiger partial charge is 2.00 e. The topological polar surface area (TPSA) is 142 Å². The van der Waals surface area contributed by atoms with Crippen LogP contribution in [0.5, 0.6) is 0 Å². The number of hydrogen-bond acceptors (Lipinski definition) is 0. The number of hydrogen-bond donors (Lipinski definition) is 0. The van der Waals surface area contributed by atoms with Crippen molar-refractivity contribution in [2.45, 2.75) is 0 Å². The fourth-order valence-corrected chi connectivity index (χ4v) is 0. The third-order valence-electron chi connectivity index (χ3n) is 0. The summed E-state index contributed by atoms with van der Waals surface area (Å²) in [6, 6.07) is 0. The van der Waals surface area contributed by atoms with Gasteiger partial charge in [0.2, 0.25) is 0 Å². The van der Waals surface area contributed by atoms with Crippen molar-refractivity contribution in [3.8, 4) is 0 Å². The zero-order valence-corrected chi connectivity index (χ0v) is 14.5. The first-order chi connectivity index (χ1) is 0. The van der Waals surface area contributed by atoms with E-state index in [1.165, 1.54) is 0 Å². The Morgan fingerprint density at radius 3 is 0.364 bits per heavy atom. The summed E-state index contributed by atoms with van der Waals surface area (Å²) in [4.78, 5) is 0. The van der Waals surface area contributed by atoms with Crippen molar-refractivity contribution in [2.75, 3.05) is 0 Å². The molecule has 0 saturated carbocycles. The number of rotatable bonds is 0. The van der Waals surface area contributed by atoms with E-state index in [2.05, 4.69) is 0 Å². The predicted molar refractivity (Wildman–Crippen MR) is 3.43 cm³/mol. The Morgan fingerprint density at radius 2 is 0.364 bits per heavy atom. The second kappa shape index (κ2) is 186. The minimum Gasteiger partial charge on any atom is -2.00 e. The van der Waals surface area contributed by atoms with Crippen LogP contribution in [0.25, 0.3) is 0 Å². The maximum Gasteiger partial charge on any atom is 2.00 e. The predicted octanol–water partition coefficient (Wildman–Crippen LogP) is -6.60. The summed E-state index contributed by atoms with van der Waals surface area (Å²) >= 11 is 0. The van der Waals surface area contributed by atoms with Gasteiger partial charge >= 0.3 is 111 Å². The van der Waals surface area contributed by atoms with Gasteiger partial charge in [0.15, 0.2) is 0 Å². The second-order valence-corrected chi connectivity index (χ2v) is 0. The molecule has 0 saturated heterocycles. The molecular weight excluding hydrogens is 335 g/mol. The molecule has 0 aromatic heterocycles. The van der Waals surface area contributed by atoms with Crippen molar-refractivity contribution in [1.29, 1.82) is 0 Å². The van der Waals surface area contributed by atoms with Gasteiger partial charge in [-0.1, -0.05) is 0 Å². The summed E-state index contributed by atoms with van der Waals surface area (Å²) in [6.45, 7) is 0. The molecule has 11 heavy (non-hydrogen) atoms. The van der Waals surface area contributed by atoms with Gasteiger partial charge in [0, 0.05) is 0 Å². The van der Waals surface area contributed by atoms with Gasteiger partial charge in [0.05, 0.1) is 0 Å². The van der Waals surface area contributed by atoms with E-state index in [0.29, 0.717) is 0 Å². The first-order valence-corrected chi connectivity index (χ1v) is 0. The second-order valence-electron chi connectivity index (χ2n) is 0. The summed E-state index contributed by atoms with van der Waals surface area (Å²) < 4.78 is 0. The zero-order valence-electron chi connectivity index (χ0n) is 6.21. The van der Waals surface area contributed by atoms with Crippen LogP contribution in [0.3, 0.4) is 0 Å². The average Bonchev–Trinajstić information content (AvgIpc) is 0. The minimum atomic E-state index is 0. The van der Waals surface area contributed by atoms with Crippen LogP contribution in [0.1, 0.15) is 0 Å². The molecule has 0 unspecified atom stereocenters. The molecule has 0 aliphatic rings. The standard InChI is InChI=1S/2Li.2Mn.5O.2Zn/q2*+1;2*+2;5*-2;2*+2. The molecule has 2 radical (unpaired) electrons. The molecule has 50 valence electrons. The third-order valence-corrected chi connectivity index (χ3v) is 0. The fraction of sp³-hybridized carbons (Fsp3) is 0. The van der Waals surface area contributed by atoms with Gasteiger partial charge in [-0.05, 0) is 0 Å². The summed E-state index contributed by atoms with van der Waals surface area (Å²) in [5, 5.41) is 0.